The number of nitrogens with zero attached hydrogens (tertiary/aromatic N) is 2. The number of hydrogen-bond donors (Lipinski definition) is 1. The van der Waals surface area contributed by atoms with E-state index in [-0.39, 0.29) is 18.3 Å². The predicted molar refractivity (Wildman–Crippen MR) is 76.7 cm³/mol. The second-order valence-electron chi connectivity index (χ2n) is 4.08. The van der Waals surface area contributed by atoms with Gasteiger partial charge < -0.3 is 9.73 Å². The van der Waals surface area contributed by atoms with Crippen molar-refractivity contribution >= 4 is 29.4 Å². The molecule has 102 valence electrons. The van der Waals surface area contributed by atoms with Crippen molar-refractivity contribution in [1.82, 2.24) is 15.3 Å². The number of aromatic nitrogens is 2. The van der Waals surface area contributed by atoms with Gasteiger partial charge in [-0.15, -0.1) is 12.4 Å². The Kier molecular flexibility index (Phi) is 4.32. The molecule has 1 amide bonds. The number of carbonyl (C=O) groups is 1. The summed E-state index contributed by atoms with van der Waals surface area (Å²) in [6.07, 6.45) is 4.58. The number of fused-ring (bicyclic) bond motifs is 1. The molecule has 0 aliphatic heterocycles. The Morgan fingerprint density at radius 2 is 2.20 bits per heavy atom. The molecular weight excluding hydrogens is 278 g/mol. The fourth-order valence-corrected chi connectivity index (χ4v) is 1.79. The maximum absolute atomic E-state index is 11.8. The van der Waals surface area contributed by atoms with Gasteiger partial charge in [0.05, 0.1) is 5.56 Å². The number of nitrogens with one attached hydrogen (secondary N) is 1. The highest BCUT2D eigenvalue weighted by Crippen LogP contribution is 2.14. The van der Waals surface area contributed by atoms with E-state index in [9.17, 15) is 4.79 Å². The van der Waals surface area contributed by atoms with Crippen LogP contribution in [0.3, 0.4) is 0 Å². The summed E-state index contributed by atoms with van der Waals surface area (Å²) in [6.45, 7) is 0.435. The maximum atomic E-state index is 11.8. The summed E-state index contributed by atoms with van der Waals surface area (Å²) < 4.78 is 5.22. The molecule has 0 radical (unpaired) electrons. The molecule has 0 unspecified atom stereocenters. The molecule has 20 heavy (non-hydrogen) atoms. The average molecular weight is 290 g/mol. The molecular formula is C14H12ClN3O2. The smallest absolute Gasteiger partial charge is 0.253 e. The van der Waals surface area contributed by atoms with E-state index >= 15 is 0 Å². The van der Waals surface area contributed by atoms with Gasteiger partial charge in [0, 0.05) is 18.9 Å². The average Bonchev–Trinajstić information content (AvgIpc) is 2.93. The van der Waals surface area contributed by atoms with Crippen LogP contribution in [0, 0.1) is 0 Å². The Bertz CT molecular complexity index is 713. The zero-order valence-corrected chi connectivity index (χ0v) is 11.3. The molecule has 6 heteroatoms. The number of carbonyl (C=O) groups excluding carboxylic acids is 1. The number of halogens is 1. The third-order valence-electron chi connectivity index (χ3n) is 2.77. The Morgan fingerprint density at radius 3 is 3.00 bits per heavy atom. The van der Waals surface area contributed by atoms with Crippen LogP contribution in [0.25, 0.3) is 11.1 Å². The van der Waals surface area contributed by atoms with Gasteiger partial charge in [-0.05, 0) is 29.8 Å². The number of oxazole rings is 1. The molecule has 5 nitrogen and oxygen atoms in total. The highest BCUT2D eigenvalue weighted by Gasteiger charge is 2.05. The fourth-order valence-electron chi connectivity index (χ4n) is 1.79. The standard InChI is InChI=1S/C14H11N3O2.ClH/c18-14(11-2-1-5-15-8-11)16-7-10-3-4-12-13(6-10)19-9-17-12;/h1-6,8-9H,7H2,(H,16,18);1H. The number of hydrogen-bond acceptors (Lipinski definition) is 4. The maximum Gasteiger partial charge on any atom is 0.253 e. The van der Waals surface area contributed by atoms with Gasteiger partial charge in [-0.3, -0.25) is 9.78 Å². The first-order valence-corrected chi connectivity index (χ1v) is 5.83. The van der Waals surface area contributed by atoms with Crippen LogP contribution in [-0.2, 0) is 6.54 Å². The summed E-state index contributed by atoms with van der Waals surface area (Å²) in [5, 5.41) is 2.83. The molecule has 2 aromatic heterocycles. The van der Waals surface area contributed by atoms with Crippen LogP contribution >= 0.6 is 12.4 Å². The third kappa shape index (κ3) is 2.95. The van der Waals surface area contributed by atoms with Gasteiger partial charge in [0.25, 0.3) is 5.91 Å². The van der Waals surface area contributed by atoms with Crippen LogP contribution in [0.2, 0.25) is 0 Å². The van der Waals surface area contributed by atoms with E-state index in [1.165, 1.54) is 12.6 Å². The van der Waals surface area contributed by atoms with Crippen molar-refractivity contribution in [2.75, 3.05) is 0 Å². The van der Waals surface area contributed by atoms with Gasteiger partial charge in [0.15, 0.2) is 12.0 Å². The summed E-state index contributed by atoms with van der Waals surface area (Å²) >= 11 is 0. The van der Waals surface area contributed by atoms with Gasteiger partial charge >= 0.3 is 0 Å². The lowest BCUT2D eigenvalue weighted by Gasteiger charge is -2.04. The van der Waals surface area contributed by atoms with E-state index in [0.717, 1.165) is 11.1 Å². The summed E-state index contributed by atoms with van der Waals surface area (Å²) in [7, 11) is 0. The number of amides is 1. The molecule has 3 rings (SSSR count). The third-order valence-corrected chi connectivity index (χ3v) is 2.77. The quantitative estimate of drug-likeness (QED) is 0.804. The molecule has 0 saturated heterocycles. The van der Waals surface area contributed by atoms with Crippen LogP contribution < -0.4 is 5.32 Å². The van der Waals surface area contributed by atoms with Gasteiger partial charge in [0.1, 0.15) is 5.52 Å². The van der Waals surface area contributed by atoms with E-state index in [1.807, 2.05) is 18.2 Å². The Morgan fingerprint density at radius 1 is 1.30 bits per heavy atom. The predicted octanol–water partition coefficient (Wildman–Crippen LogP) is 2.57. The number of rotatable bonds is 3. The first kappa shape index (κ1) is 14.0. The van der Waals surface area contributed by atoms with Crippen molar-refractivity contribution in [3.63, 3.8) is 0 Å². The largest absolute Gasteiger partial charge is 0.443 e. The van der Waals surface area contributed by atoms with Gasteiger partial charge in [-0.25, -0.2) is 4.98 Å². The Hall–Kier alpha value is -2.40. The second-order valence-corrected chi connectivity index (χ2v) is 4.08. The molecule has 0 atom stereocenters. The number of benzene rings is 1. The molecule has 1 N–H and O–H groups in total. The second kappa shape index (κ2) is 6.16. The van der Waals surface area contributed by atoms with Crippen molar-refractivity contribution in [3.05, 3.63) is 60.2 Å². The van der Waals surface area contributed by atoms with Crippen LogP contribution in [-0.4, -0.2) is 15.9 Å². The van der Waals surface area contributed by atoms with Crippen LogP contribution in [0.15, 0.2) is 53.5 Å². The van der Waals surface area contributed by atoms with Gasteiger partial charge in [0.2, 0.25) is 0 Å². The van der Waals surface area contributed by atoms with E-state index in [4.69, 9.17) is 4.42 Å². The molecule has 0 spiro atoms. The topological polar surface area (TPSA) is 68.0 Å². The first-order chi connectivity index (χ1) is 9.33. The molecule has 0 bridgehead atoms. The molecule has 0 aliphatic carbocycles. The van der Waals surface area contributed by atoms with Crippen molar-refractivity contribution in [3.8, 4) is 0 Å². The summed E-state index contributed by atoms with van der Waals surface area (Å²) in [4.78, 5) is 19.8. The summed E-state index contributed by atoms with van der Waals surface area (Å²) in [5.74, 6) is -0.147. The molecule has 0 saturated carbocycles. The van der Waals surface area contributed by atoms with E-state index in [2.05, 4.69) is 15.3 Å². The van der Waals surface area contributed by atoms with Crippen molar-refractivity contribution in [2.45, 2.75) is 6.54 Å². The van der Waals surface area contributed by atoms with Crippen LogP contribution in [0.1, 0.15) is 15.9 Å². The van der Waals surface area contributed by atoms with Crippen molar-refractivity contribution in [1.29, 1.82) is 0 Å². The van der Waals surface area contributed by atoms with Crippen LogP contribution in [0.5, 0.6) is 0 Å². The lowest BCUT2D eigenvalue weighted by molar-refractivity contribution is 0.0950. The molecule has 2 heterocycles. The lowest BCUT2D eigenvalue weighted by Crippen LogP contribution is -2.22. The monoisotopic (exact) mass is 289 g/mol. The van der Waals surface area contributed by atoms with Gasteiger partial charge in [-0.2, -0.15) is 0 Å². The van der Waals surface area contributed by atoms with Gasteiger partial charge in [-0.1, -0.05) is 6.07 Å². The van der Waals surface area contributed by atoms with E-state index < -0.39 is 0 Å². The molecule has 3 aromatic rings. The minimum absolute atomic E-state index is 0. The van der Waals surface area contributed by atoms with Crippen molar-refractivity contribution < 1.29 is 9.21 Å². The first-order valence-electron chi connectivity index (χ1n) is 5.83. The van der Waals surface area contributed by atoms with Crippen LogP contribution in [0.4, 0.5) is 0 Å². The van der Waals surface area contributed by atoms with Crippen molar-refractivity contribution in [2.24, 2.45) is 0 Å². The normalized spacial score (nSPS) is 10.0. The highest BCUT2D eigenvalue weighted by molar-refractivity contribution is 5.93. The minimum atomic E-state index is -0.147. The number of pyridine rings is 1. The Labute approximate surface area is 121 Å². The molecule has 0 aliphatic rings. The zero-order valence-electron chi connectivity index (χ0n) is 10.4. The molecule has 1 aromatic carbocycles. The van der Waals surface area contributed by atoms with E-state index in [1.54, 1.807) is 18.3 Å². The van der Waals surface area contributed by atoms with E-state index in [0.29, 0.717) is 17.7 Å². The SMILES string of the molecule is Cl.O=C(NCc1ccc2ncoc2c1)c1cccnc1. The minimum Gasteiger partial charge on any atom is -0.443 e. The highest BCUT2D eigenvalue weighted by atomic mass is 35.5. The zero-order chi connectivity index (χ0) is 13.1. The molecule has 0 fully saturated rings. The lowest BCUT2D eigenvalue weighted by atomic mass is 10.2. The summed E-state index contributed by atoms with van der Waals surface area (Å²) in [5.41, 5.74) is 3.03. The Balaban J connectivity index is 0.00000147. The summed E-state index contributed by atoms with van der Waals surface area (Å²) in [6, 6.07) is 9.10. The fraction of sp³-hybridized carbons (Fsp3) is 0.0714.